The number of nitrogens with two attached hydrogens (primary N) is 2. The zero-order chi connectivity index (χ0) is 26.7. The monoisotopic (exact) mass is 544 g/mol. The van der Waals surface area contributed by atoms with E-state index in [-0.39, 0.29) is 24.7 Å². The highest BCUT2D eigenvalue weighted by atomic mass is 32.1. The van der Waals surface area contributed by atoms with Gasteiger partial charge in [-0.3, -0.25) is 19.2 Å². The van der Waals surface area contributed by atoms with E-state index >= 15 is 0 Å². The van der Waals surface area contributed by atoms with Crippen LogP contribution in [0.2, 0.25) is 0 Å². The third-order valence-electron chi connectivity index (χ3n) is 7.70. The minimum Gasteiger partial charge on any atom is -0.365 e. The molecule has 4 amide bonds. The molecule has 0 spiro atoms. The first kappa shape index (κ1) is 27.3. The van der Waals surface area contributed by atoms with Gasteiger partial charge in [0.05, 0.1) is 11.1 Å². The van der Waals surface area contributed by atoms with Gasteiger partial charge in [-0.15, -0.1) is 22.7 Å². The van der Waals surface area contributed by atoms with Crippen molar-refractivity contribution in [3.8, 4) is 0 Å². The van der Waals surface area contributed by atoms with Crippen LogP contribution in [-0.2, 0) is 35.3 Å². The number of carbonyl (C=O) groups is 4. The predicted molar refractivity (Wildman–Crippen MR) is 148 cm³/mol. The van der Waals surface area contributed by atoms with E-state index in [1.807, 2.05) is 0 Å². The molecule has 200 valence electrons. The van der Waals surface area contributed by atoms with Crippen LogP contribution in [-0.4, -0.2) is 23.6 Å². The van der Waals surface area contributed by atoms with Gasteiger partial charge >= 0.3 is 0 Å². The highest BCUT2D eigenvalue weighted by molar-refractivity contribution is 7.17. The maximum atomic E-state index is 12.6. The Morgan fingerprint density at radius 1 is 0.757 bits per heavy atom. The SMILES string of the molecule is CCC1CCc2c(sc(NC(=O)CCCC(=O)Nc3sc4c(c3C(N)=O)CCC(CC)C4)c2C(N)=O)C1. The lowest BCUT2D eigenvalue weighted by Gasteiger charge is -2.20. The van der Waals surface area contributed by atoms with Gasteiger partial charge in [0.1, 0.15) is 10.0 Å². The predicted octanol–water partition coefficient (Wildman–Crippen LogP) is 4.78. The minimum absolute atomic E-state index is 0.133. The average Bonchev–Trinajstić information content (AvgIpc) is 3.39. The van der Waals surface area contributed by atoms with E-state index in [2.05, 4.69) is 24.5 Å². The first-order chi connectivity index (χ1) is 17.7. The summed E-state index contributed by atoms with van der Waals surface area (Å²) in [7, 11) is 0. The minimum atomic E-state index is -0.517. The van der Waals surface area contributed by atoms with Crippen LogP contribution in [0.1, 0.15) is 100 Å². The molecule has 4 rings (SSSR count). The molecule has 0 aromatic carbocycles. The third kappa shape index (κ3) is 6.06. The Balaban J connectivity index is 1.33. The molecule has 2 aliphatic carbocycles. The second kappa shape index (κ2) is 11.8. The Labute approximate surface area is 225 Å². The molecule has 0 aliphatic heterocycles. The van der Waals surface area contributed by atoms with E-state index < -0.39 is 11.8 Å². The zero-order valence-electron chi connectivity index (χ0n) is 21.5. The molecular formula is C27H36N4O4S2. The number of anilines is 2. The number of nitrogens with one attached hydrogen (secondary N) is 2. The summed E-state index contributed by atoms with van der Waals surface area (Å²) in [4.78, 5) is 51.8. The van der Waals surface area contributed by atoms with E-state index in [0.717, 1.165) is 72.2 Å². The molecular weight excluding hydrogens is 508 g/mol. The van der Waals surface area contributed by atoms with Crippen LogP contribution in [0.4, 0.5) is 10.0 Å². The number of thiophene rings is 2. The van der Waals surface area contributed by atoms with E-state index in [1.54, 1.807) is 0 Å². The van der Waals surface area contributed by atoms with Crippen LogP contribution in [0, 0.1) is 11.8 Å². The van der Waals surface area contributed by atoms with Gasteiger partial charge in [-0.25, -0.2) is 0 Å². The second-order valence-electron chi connectivity index (χ2n) is 10.1. The third-order valence-corrected chi connectivity index (χ3v) is 10.0. The number of hydrogen-bond donors (Lipinski definition) is 4. The normalized spacial score (nSPS) is 18.5. The van der Waals surface area contributed by atoms with E-state index in [0.29, 0.717) is 39.4 Å². The topological polar surface area (TPSA) is 144 Å². The zero-order valence-corrected chi connectivity index (χ0v) is 23.2. The van der Waals surface area contributed by atoms with Crippen molar-refractivity contribution in [2.45, 2.75) is 84.5 Å². The number of rotatable bonds is 10. The van der Waals surface area contributed by atoms with Gasteiger partial charge < -0.3 is 22.1 Å². The summed E-state index contributed by atoms with van der Waals surface area (Å²) >= 11 is 2.89. The Bertz CT molecular complexity index is 1120. The van der Waals surface area contributed by atoms with Crippen molar-refractivity contribution in [3.63, 3.8) is 0 Å². The second-order valence-corrected chi connectivity index (χ2v) is 12.3. The smallest absolute Gasteiger partial charge is 0.251 e. The summed E-state index contributed by atoms with van der Waals surface area (Å²) in [5.41, 5.74) is 14.1. The molecule has 2 aliphatic rings. The van der Waals surface area contributed by atoms with Crippen molar-refractivity contribution < 1.29 is 19.2 Å². The molecule has 6 N–H and O–H groups in total. The Kier molecular flexibility index (Phi) is 8.69. The lowest BCUT2D eigenvalue weighted by atomic mass is 9.85. The van der Waals surface area contributed by atoms with Gasteiger partial charge in [-0.1, -0.05) is 26.7 Å². The molecule has 10 heteroatoms. The van der Waals surface area contributed by atoms with Gasteiger partial charge in [0.15, 0.2) is 0 Å². The van der Waals surface area contributed by atoms with Gasteiger partial charge in [-0.2, -0.15) is 0 Å². The molecule has 8 nitrogen and oxygen atoms in total. The Morgan fingerprint density at radius 2 is 1.16 bits per heavy atom. The van der Waals surface area contributed by atoms with Crippen molar-refractivity contribution in [3.05, 3.63) is 32.0 Å². The van der Waals surface area contributed by atoms with Crippen molar-refractivity contribution >= 4 is 56.3 Å². The van der Waals surface area contributed by atoms with Gasteiger partial charge in [0, 0.05) is 22.6 Å². The summed E-state index contributed by atoms with van der Waals surface area (Å²) in [5, 5.41) is 6.76. The van der Waals surface area contributed by atoms with Crippen LogP contribution < -0.4 is 22.1 Å². The fourth-order valence-electron chi connectivity index (χ4n) is 5.49. The molecule has 0 bridgehead atoms. The molecule has 0 saturated carbocycles. The number of fused-ring (bicyclic) bond motifs is 2. The van der Waals surface area contributed by atoms with Gasteiger partial charge in [-0.05, 0) is 67.9 Å². The van der Waals surface area contributed by atoms with Crippen molar-refractivity contribution in [2.24, 2.45) is 23.3 Å². The maximum absolute atomic E-state index is 12.6. The molecule has 0 fully saturated rings. The molecule has 2 aromatic rings. The van der Waals surface area contributed by atoms with Crippen LogP contribution in [0.5, 0.6) is 0 Å². The molecule has 37 heavy (non-hydrogen) atoms. The molecule has 0 saturated heterocycles. The first-order valence-corrected chi connectivity index (χ1v) is 14.8. The number of primary amides is 2. The standard InChI is InChI=1S/C27H36N4O4S2/c1-3-14-8-10-16-18(12-14)36-26(22(16)24(28)34)30-20(32)6-5-7-21(33)31-27-23(25(29)35)17-11-9-15(4-2)13-19(17)37-27/h14-15H,3-13H2,1-2H3,(H2,28,34)(H2,29,35)(H,30,32)(H,31,33). The Morgan fingerprint density at radius 3 is 1.51 bits per heavy atom. The molecule has 2 heterocycles. The fourth-order valence-corrected chi connectivity index (χ4v) is 8.26. The van der Waals surface area contributed by atoms with Gasteiger partial charge in [0.2, 0.25) is 11.8 Å². The van der Waals surface area contributed by atoms with Crippen LogP contribution in [0.15, 0.2) is 0 Å². The van der Waals surface area contributed by atoms with E-state index in [9.17, 15) is 19.2 Å². The van der Waals surface area contributed by atoms with Crippen molar-refractivity contribution in [2.75, 3.05) is 10.6 Å². The largest absolute Gasteiger partial charge is 0.365 e. The average molecular weight is 545 g/mol. The fraction of sp³-hybridized carbons (Fsp3) is 0.556. The molecule has 2 atom stereocenters. The summed E-state index contributed by atoms with van der Waals surface area (Å²) < 4.78 is 0. The summed E-state index contributed by atoms with van der Waals surface area (Å²) in [5.74, 6) is -0.364. The lowest BCUT2D eigenvalue weighted by molar-refractivity contribution is -0.117. The molecule has 2 unspecified atom stereocenters. The van der Waals surface area contributed by atoms with Crippen LogP contribution in [0.25, 0.3) is 0 Å². The van der Waals surface area contributed by atoms with Crippen LogP contribution in [0.3, 0.4) is 0 Å². The summed E-state index contributed by atoms with van der Waals surface area (Å²) in [6.07, 6.45) is 8.23. The Hall–Kier alpha value is -2.72. The van der Waals surface area contributed by atoms with Crippen LogP contribution >= 0.6 is 22.7 Å². The maximum Gasteiger partial charge on any atom is 0.251 e. The number of carbonyl (C=O) groups excluding carboxylic acids is 4. The highest BCUT2D eigenvalue weighted by Crippen LogP contribution is 2.41. The summed E-state index contributed by atoms with van der Waals surface area (Å²) in [6.45, 7) is 4.33. The van der Waals surface area contributed by atoms with E-state index in [4.69, 9.17) is 11.5 Å². The van der Waals surface area contributed by atoms with E-state index in [1.165, 1.54) is 22.7 Å². The first-order valence-electron chi connectivity index (χ1n) is 13.2. The lowest BCUT2D eigenvalue weighted by Crippen LogP contribution is -2.20. The highest BCUT2D eigenvalue weighted by Gasteiger charge is 2.29. The molecule has 2 aromatic heterocycles. The van der Waals surface area contributed by atoms with Crippen molar-refractivity contribution in [1.82, 2.24) is 0 Å². The number of hydrogen-bond acceptors (Lipinski definition) is 6. The molecule has 0 radical (unpaired) electrons. The number of amides is 4. The van der Waals surface area contributed by atoms with Gasteiger partial charge in [0.25, 0.3) is 11.8 Å². The quantitative estimate of drug-likeness (QED) is 0.341. The summed E-state index contributed by atoms with van der Waals surface area (Å²) in [6, 6.07) is 0. The van der Waals surface area contributed by atoms with Crippen molar-refractivity contribution in [1.29, 1.82) is 0 Å².